The van der Waals surface area contributed by atoms with Crippen molar-refractivity contribution < 1.29 is 9.53 Å². The van der Waals surface area contributed by atoms with Gasteiger partial charge < -0.3 is 4.74 Å². The van der Waals surface area contributed by atoms with Crippen LogP contribution in [-0.2, 0) is 9.53 Å². The molecule has 2 nitrogen and oxygen atoms in total. The molecule has 1 fully saturated rings. The number of hydrogen-bond acceptors (Lipinski definition) is 2. The molecule has 1 unspecified atom stereocenters. The molecule has 162 valence electrons. The molecule has 0 heterocycles. The standard InChI is InChI=1S/C28H38O2/c1-6-20(4)21(5)28(29)30-27-17-15-26(16-18-27)25-13-11-24(12-14-25)23-9-7-22(8-10-23)19(2)3/h7-14,19-21,26-27H,6,15-18H2,1-5H3/t20?,21-,26?,27?/m0/s1. The van der Waals surface area contributed by atoms with Gasteiger partial charge in [-0.1, -0.05) is 89.6 Å². The minimum Gasteiger partial charge on any atom is -0.462 e. The van der Waals surface area contributed by atoms with E-state index in [1.165, 1.54) is 22.3 Å². The molecular formula is C28H38O2. The second-order valence-electron chi connectivity index (χ2n) is 9.48. The normalized spacial score (nSPS) is 21.3. The van der Waals surface area contributed by atoms with E-state index in [0.717, 1.165) is 32.1 Å². The third kappa shape index (κ3) is 5.53. The van der Waals surface area contributed by atoms with Crippen LogP contribution in [0.4, 0.5) is 0 Å². The van der Waals surface area contributed by atoms with Gasteiger partial charge >= 0.3 is 5.97 Å². The Morgan fingerprint density at radius 3 is 1.90 bits per heavy atom. The van der Waals surface area contributed by atoms with Crippen LogP contribution in [0.3, 0.4) is 0 Å². The van der Waals surface area contributed by atoms with Gasteiger partial charge in [-0.3, -0.25) is 4.79 Å². The van der Waals surface area contributed by atoms with E-state index in [-0.39, 0.29) is 18.0 Å². The Morgan fingerprint density at radius 1 is 0.867 bits per heavy atom. The van der Waals surface area contributed by atoms with Gasteiger partial charge in [0.05, 0.1) is 5.92 Å². The van der Waals surface area contributed by atoms with Gasteiger partial charge in [0.1, 0.15) is 6.10 Å². The van der Waals surface area contributed by atoms with Gasteiger partial charge in [-0.05, 0) is 65.7 Å². The lowest BCUT2D eigenvalue weighted by atomic mass is 9.82. The highest BCUT2D eigenvalue weighted by atomic mass is 16.5. The maximum absolute atomic E-state index is 12.4. The highest BCUT2D eigenvalue weighted by Gasteiger charge is 2.28. The molecular weight excluding hydrogens is 368 g/mol. The molecule has 2 atom stereocenters. The number of rotatable bonds is 7. The lowest BCUT2D eigenvalue weighted by Gasteiger charge is -2.30. The molecule has 3 rings (SSSR count). The van der Waals surface area contributed by atoms with Crippen molar-refractivity contribution in [3.8, 4) is 11.1 Å². The average molecular weight is 407 g/mol. The molecule has 1 saturated carbocycles. The molecule has 2 heteroatoms. The Hall–Kier alpha value is -2.09. The monoisotopic (exact) mass is 406 g/mol. The van der Waals surface area contributed by atoms with E-state index < -0.39 is 0 Å². The maximum atomic E-state index is 12.4. The third-order valence-corrected chi connectivity index (χ3v) is 7.12. The lowest BCUT2D eigenvalue weighted by Crippen LogP contribution is -2.29. The smallest absolute Gasteiger partial charge is 0.309 e. The first-order valence-corrected chi connectivity index (χ1v) is 11.8. The van der Waals surface area contributed by atoms with Crippen molar-refractivity contribution in [1.82, 2.24) is 0 Å². The van der Waals surface area contributed by atoms with Crippen LogP contribution in [0.25, 0.3) is 11.1 Å². The van der Waals surface area contributed by atoms with E-state index in [4.69, 9.17) is 4.74 Å². The summed E-state index contributed by atoms with van der Waals surface area (Å²) in [7, 11) is 0. The van der Waals surface area contributed by atoms with Crippen molar-refractivity contribution >= 4 is 5.97 Å². The highest BCUT2D eigenvalue weighted by molar-refractivity contribution is 5.72. The van der Waals surface area contributed by atoms with Crippen LogP contribution < -0.4 is 0 Å². The average Bonchev–Trinajstić information content (AvgIpc) is 2.78. The predicted molar refractivity (Wildman–Crippen MR) is 126 cm³/mol. The van der Waals surface area contributed by atoms with Crippen LogP contribution in [0.2, 0.25) is 0 Å². The fourth-order valence-electron chi connectivity index (χ4n) is 4.38. The maximum Gasteiger partial charge on any atom is 0.309 e. The zero-order valence-corrected chi connectivity index (χ0v) is 19.4. The molecule has 2 aromatic rings. The Labute approximate surface area is 183 Å². The van der Waals surface area contributed by atoms with Gasteiger partial charge in [0.2, 0.25) is 0 Å². The summed E-state index contributed by atoms with van der Waals surface area (Å²) in [5.41, 5.74) is 5.34. The predicted octanol–water partition coefficient (Wildman–Crippen LogP) is 7.73. The summed E-state index contributed by atoms with van der Waals surface area (Å²) >= 11 is 0. The quantitative estimate of drug-likeness (QED) is 0.440. The fraction of sp³-hybridized carbons (Fsp3) is 0.536. The molecule has 0 radical (unpaired) electrons. The van der Waals surface area contributed by atoms with Crippen molar-refractivity contribution in [1.29, 1.82) is 0 Å². The summed E-state index contributed by atoms with van der Waals surface area (Å²) in [6, 6.07) is 18.0. The highest BCUT2D eigenvalue weighted by Crippen LogP contribution is 2.35. The van der Waals surface area contributed by atoms with Crippen LogP contribution >= 0.6 is 0 Å². The molecule has 30 heavy (non-hydrogen) atoms. The number of ether oxygens (including phenoxy) is 1. The van der Waals surface area contributed by atoms with Crippen LogP contribution in [0.15, 0.2) is 48.5 Å². The Balaban J connectivity index is 1.54. The van der Waals surface area contributed by atoms with Crippen molar-refractivity contribution in [2.45, 2.75) is 84.7 Å². The molecule has 0 N–H and O–H groups in total. The van der Waals surface area contributed by atoms with Gasteiger partial charge in [0.25, 0.3) is 0 Å². The lowest BCUT2D eigenvalue weighted by molar-refractivity contribution is -0.156. The molecule has 0 saturated heterocycles. The number of carbonyl (C=O) groups excluding carboxylic acids is 1. The summed E-state index contributed by atoms with van der Waals surface area (Å²) in [6.07, 6.45) is 5.25. The molecule has 0 bridgehead atoms. The molecule has 0 amide bonds. The van der Waals surface area contributed by atoms with Gasteiger partial charge in [0.15, 0.2) is 0 Å². The van der Waals surface area contributed by atoms with E-state index in [1.807, 2.05) is 6.92 Å². The Kier molecular flexibility index (Phi) is 7.75. The summed E-state index contributed by atoms with van der Waals surface area (Å²) < 4.78 is 5.82. The largest absolute Gasteiger partial charge is 0.462 e. The van der Waals surface area contributed by atoms with Crippen LogP contribution in [0.1, 0.15) is 89.7 Å². The Bertz CT molecular complexity index is 796. The summed E-state index contributed by atoms with van der Waals surface area (Å²) in [5, 5.41) is 0. The van der Waals surface area contributed by atoms with E-state index in [1.54, 1.807) is 0 Å². The number of esters is 1. The molecule has 0 aliphatic heterocycles. The van der Waals surface area contributed by atoms with E-state index >= 15 is 0 Å². The van der Waals surface area contributed by atoms with Gasteiger partial charge in [-0.15, -0.1) is 0 Å². The topological polar surface area (TPSA) is 26.3 Å². The number of benzene rings is 2. The van der Waals surface area contributed by atoms with Crippen molar-refractivity contribution in [3.63, 3.8) is 0 Å². The summed E-state index contributed by atoms with van der Waals surface area (Å²) in [6.45, 7) is 10.7. The van der Waals surface area contributed by atoms with Crippen molar-refractivity contribution in [3.05, 3.63) is 59.7 Å². The second kappa shape index (κ2) is 10.3. The van der Waals surface area contributed by atoms with Gasteiger partial charge in [0, 0.05) is 0 Å². The molecule has 1 aliphatic rings. The fourth-order valence-corrected chi connectivity index (χ4v) is 4.38. The molecule has 1 aliphatic carbocycles. The number of carbonyl (C=O) groups is 1. The van der Waals surface area contributed by atoms with Crippen LogP contribution in [0.5, 0.6) is 0 Å². The van der Waals surface area contributed by atoms with E-state index in [0.29, 0.717) is 17.8 Å². The first-order chi connectivity index (χ1) is 14.4. The SMILES string of the molecule is CCC(C)[C@H](C)C(=O)OC1CCC(c2ccc(-c3ccc(C(C)C)cc3)cc2)CC1. The zero-order chi connectivity index (χ0) is 21.7. The second-order valence-corrected chi connectivity index (χ2v) is 9.48. The summed E-state index contributed by atoms with van der Waals surface area (Å²) in [4.78, 5) is 12.4. The molecule has 0 spiro atoms. The van der Waals surface area contributed by atoms with Crippen molar-refractivity contribution in [2.24, 2.45) is 11.8 Å². The first kappa shape index (κ1) is 22.6. The van der Waals surface area contributed by atoms with Crippen molar-refractivity contribution in [2.75, 3.05) is 0 Å². The van der Waals surface area contributed by atoms with E-state index in [2.05, 4.69) is 76.2 Å². The van der Waals surface area contributed by atoms with Crippen LogP contribution in [0, 0.1) is 11.8 Å². The Morgan fingerprint density at radius 2 is 1.40 bits per heavy atom. The molecule has 0 aromatic heterocycles. The molecule has 2 aromatic carbocycles. The first-order valence-electron chi connectivity index (χ1n) is 11.8. The minimum atomic E-state index is -0.0133. The zero-order valence-electron chi connectivity index (χ0n) is 19.4. The summed E-state index contributed by atoms with van der Waals surface area (Å²) in [5.74, 6) is 1.50. The van der Waals surface area contributed by atoms with Gasteiger partial charge in [-0.25, -0.2) is 0 Å². The minimum absolute atomic E-state index is 0.00475. The van der Waals surface area contributed by atoms with Gasteiger partial charge in [-0.2, -0.15) is 0 Å². The third-order valence-electron chi connectivity index (χ3n) is 7.12. The number of hydrogen-bond donors (Lipinski definition) is 0. The van der Waals surface area contributed by atoms with E-state index in [9.17, 15) is 4.79 Å². The van der Waals surface area contributed by atoms with Crippen LogP contribution in [-0.4, -0.2) is 12.1 Å².